The Morgan fingerprint density at radius 3 is 2.83 bits per heavy atom. The Balaban J connectivity index is 1.72. The molecule has 0 aromatic carbocycles. The van der Waals surface area contributed by atoms with Crippen molar-refractivity contribution in [3.8, 4) is 0 Å². The maximum atomic E-state index is 12.8. The molecule has 1 N–H and O–H groups in total. The van der Waals surface area contributed by atoms with Gasteiger partial charge in [-0.05, 0) is 19.8 Å². The lowest BCUT2D eigenvalue weighted by atomic mass is 9.46. The Hall–Kier alpha value is -1.40. The Morgan fingerprint density at radius 1 is 1.39 bits per heavy atom. The third-order valence-corrected chi connectivity index (χ3v) is 6.39. The van der Waals surface area contributed by atoms with Crippen LogP contribution in [0.15, 0.2) is 12.2 Å². The second-order valence-corrected chi connectivity index (χ2v) is 7.38. The maximum Gasteiger partial charge on any atom is 0.333 e. The van der Waals surface area contributed by atoms with E-state index in [9.17, 15) is 14.7 Å². The highest BCUT2D eigenvalue weighted by molar-refractivity contribution is 5.87. The highest BCUT2D eigenvalue weighted by Crippen LogP contribution is 2.71. The topological polar surface area (TPSA) is 82.1 Å². The monoisotopic (exact) mass is 322 g/mol. The van der Waals surface area contributed by atoms with Crippen LogP contribution in [0.1, 0.15) is 32.6 Å². The van der Waals surface area contributed by atoms with Crippen LogP contribution in [0.25, 0.3) is 0 Å². The Bertz CT molecular complexity index is 586. The minimum Gasteiger partial charge on any atom is -0.462 e. The van der Waals surface area contributed by atoms with E-state index >= 15 is 0 Å². The smallest absolute Gasteiger partial charge is 0.333 e. The first-order valence-electron chi connectivity index (χ1n) is 8.28. The first kappa shape index (κ1) is 15.1. The van der Waals surface area contributed by atoms with Crippen molar-refractivity contribution in [1.82, 2.24) is 0 Å². The van der Waals surface area contributed by atoms with Crippen LogP contribution in [0.4, 0.5) is 0 Å². The molecule has 6 atom stereocenters. The van der Waals surface area contributed by atoms with E-state index < -0.39 is 22.9 Å². The molecular formula is C17H22O6. The van der Waals surface area contributed by atoms with Crippen LogP contribution in [0, 0.1) is 16.7 Å². The standard InChI is InChI=1S/C17H22O6/c1-9(2)14(19)21-8-16-5-3-4-6-17(16)12-10(7-18)11(13(16)23-12)22-15(17)20/h10-13,18H,1,3-8H2,2H3. The van der Waals surface area contributed by atoms with Gasteiger partial charge in [0.15, 0.2) is 0 Å². The minimum absolute atomic E-state index is 0.0531. The molecule has 4 heterocycles. The fourth-order valence-corrected chi connectivity index (χ4v) is 5.40. The average Bonchev–Trinajstić information content (AvgIpc) is 3.01. The molecule has 5 rings (SSSR count). The zero-order chi connectivity index (χ0) is 16.4. The molecule has 1 spiro atoms. The molecule has 5 fully saturated rings. The lowest BCUT2D eigenvalue weighted by Gasteiger charge is -2.58. The van der Waals surface area contributed by atoms with Crippen molar-refractivity contribution >= 4 is 11.9 Å². The first-order valence-corrected chi connectivity index (χ1v) is 8.28. The van der Waals surface area contributed by atoms with Crippen LogP contribution >= 0.6 is 0 Å². The molecule has 4 aliphatic heterocycles. The molecule has 0 aromatic heterocycles. The quantitative estimate of drug-likeness (QED) is 0.613. The summed E-state index contributed by atoms with van der Waals surface area (Å²) in [5.41, 5.74) is -0.962. The number of aliphatic hydroxyl groups is 1. The van der Waals surface area contributed by atoms with Crippen LogP contribution in [0.3, 0.4) is 0 Å². The predicted molar refractivity (Wildman–Crippen MR) is 78.2 cm³/mol. The maximum absolute atomic E-state index is 12.8. The van der Waals surface area contributed by atoms with E-state index in [0.29, 0.717) is 12.0 Å². The number of ether oxygens (including phenoxy) is 3. The number of fused-ring (bicyclic) bond motifs is 1. The Labute approximate surface area is 134 Å². The molecule has 126 valence electrons. The molecule has 5 aliphatic rings. The largest absolute Gasteiger partial charge is 0.462 e. The number of hydrogen-bond acceptors (Lipinski definition) is 6. The molecular weight excluding hydrogens is 300 g/mol. The van der Waals surface area contributed by atoms with E-state index in [4.69, 9.17) is 14.2 Å². The second-order valence-electron chi connectivity index (χ2n) is 7.38. The van der Waals surface area contributed by atoms with E-state index in [1.54, 1.807) is 6.92 Å². The van der Waals surface area contributed by atoms with Gasteiger partial charge in [0, 0.05) is 11.5 Å². The summed E-state index contributed by atoms with van der Waals surface area (Å²) in [4.78, 5) is 24.6. The molecule has 23 heavy (non-hydrogen) atoms. The molecule has 0 aromatic rings. The van der Waals surface area contributed by atoms with Gasteiger partial charge in [-0.15, -0.1) is 0 Å². The SMILES string of the molecule is C=C(C)C(=O)OCC12CCCCC13C(=O)OC1C(CO)C3OC12. The molecule has 1 aliphatic carbocycles. The summed E-state index contributed by atoms with van der Waals surface area (Å²) in [5.74, 6) is -0.844. The molecule has 0 amide bonds. The van der Waals surface area contributed by atoms with Crippen LogP contribution in [-0.4, -0.2) is 48.6 Å². The second kappa shape index (κ2) is 4.80. The number of aliphatic hydroxyl groups excluding tert-OH is 1. The van der Waals surface area contributed by atoms with Crippen molar-refractivity contribution in [2.24, 2.45) is 16.7 Å². The number of rotatable bonds is 4. The van der Waals surface area contributed by atoms with E-state index in [0.717, 1.165) is 19.3 Å². The van der Waals surface area contributed by atoms with Crippen molar-refractivity contribution in [1.29, 1.82) is 0 Å². The summed E-state index contributed by atoms with van der Waals surface area (Å²) in [5, 5.41) is 9.69. The van der Waals surface area contributed by atoms with Gasteiger partial charge >= 0.3 is 11.9 Å². The summed E-state index contributed by atoms with van der Waals surface area (Å²) >= 11 is 0. The van der Waals surface area contributed by atoms with E-state index in [2.05, 4.69) is 6.58 Å². The van der Waals surface area contributed by atoms with Gasteiger partial charge in [0.2, 0.25) is 0 Å². The predicted octanol–water partition coefficient (Wildman–Crippen LogP) is 0.967. The molecule has 0 radical (unpaired) electrons. The van der Waals surface area contributed by atoms with E-state index in [1.807, 2.05) is 0 Å². The van der Waals surface area contributed by atoms with Crippen molar-refractivity contribution in [3.63, 3.8) is 0 Å². The molecule has 6 heteroatoms. The van der Waals surface area contributed by atoms with Gasteiger partial charge in [0.1, 0.15) is 24.2 Å². The zero-order valence-electron chi connectivity index (χ0n) is 13.2. The minimum atomic E-state index is -0.784. The fraction of sp³-hybridized carbons (Fsp3) is 0.765. The number of esters is 2. The summed E-state index contributed by atoms with van der Waals surface area (Å²) in [7, 11) is 0. The summed E-state index contributed by atoms with van der Waals surface area (Å²) in [6.07, 6.45) is 2.29. The third kappa shape index (κ3) is 1.61. The molecule has 4 saturated heterocycles. The lowest BCUT2D eigenvalue weighted by molar-refractivity contribution is -0.227. The Kier molecular flexibility index (Phi) is 3.16. The molecule has 1 saturated carbocycles. The van der Waals surface area contributed by atoms with Crippen molar-refractivity contribution in [2.75, 3.05) is 13.2 Å². The Morgan fingerprint density at radius 2 is 2.13 bits per heavy atom. The fourth-order valence-electron chi connectivity index (χ4n) is 5.40. The van der Waals surface area contributed by atoms with Gasteiger partial charge in [-0.2, -0.15) is 0 Å². The normalized spacial score (nSPS) is 46.4. The summed E-state index contributed by atoms with van der Waals surface area (Å²) in [6.45, 7) is 5.32. The highest BCUT2D eigenvalue weighted by atomic mass is 16.6. The van der Waals surface area contributed by atoms with Crippen LogP contribution in [0.5, 0.6) is 0 Å². The van der Waals surface area contributed by atoms with Gasteiger partial charge in [0.05, 0.1) is 18.1 Å². The molecule has 6 unspecified atom stereocenters. The first-order chi connectivity index (χ1) is 11.0. The van der Waals surface area contributed by atoms with Crippen LogP contribution in [0.2, 0.25) is 0 Å². The summed E-state index contributed by atoms with van der Waals surface area (Å²) < 4.78 is 17.2. The van der Waals surface area contributed by atoms with Crippen LogP contribution in [-0.2, 0) is 23.8 Å². The third-order valence-electron chi connectivity index (χ3n) is 6.39. The van der Waals surface area contributed by atoms with Crippen molar-refractivity contribution in [2.45, 2.75) is 50.9 Å². The van der Waals surface area contributed by atoms with Crippen molar-refractivity contribution < 1.29 is 28.9 Å². The van der Waals surface area contributed by atoms with E-state index in [-0.39, 0.29) is 37.3 Å². The zero-order valence-corrected chi connectivity index (χ0v) is 13.2. The average molecular weight is 322 g/mol. The van der Waals surface area contributed by atoms with E-state index in [1.165, 1.54) is 0 Å². The molecule has 4 bridgehead atoms. The van der Waals surface area contributed by atoms with Gasteiger partial charge in [-0.1, -0.05) is 19.4 Å². The van der Waals surface area contributed by atoms with Gasteiger partial charge in [-0.25, -0.2) is 4.79 Å². The number of carbonyl (C=O) groups is 2. The van der Waals surface area contributed by atoms with Gasteiger partial charge < -0.3 is 19.3 Å². The van der Waals surface area contributed by atoms with Gasteiger partial charge in [0.25, 0.3) is 0 Å². The number of hydrogen-bond donors (Lipinski definition) is 1. The van der Waals surface area contributed by atoms with Crippen molar-refractivity contribution in [3.05, 3.63) is 12.2 Å². The molecule has 6 nitrogen and oxygen atoms in total. The highest BCUT2D eigenvalue weighted by Gasteiger charge is 2.82. The van der Waals surface area contributed by atoms with Crippen LogP contribution < -0.4 is 0 Å². The lowest BCUT2D eigenvalue weighted by Crippen LogP contribution is -2.70. The number of carbonyl (C=O) groups excluding carboxylic acids is 2. The summed E-state index contributed by atoms with van der Waals surface area (Å²) in [6, 6.07) is 0. The van der Waals surface area contributed by atoms with Gasteiger partial charge in [-0.3, -0.25) is 4.79 Å².